The fraction of sp³-hybridized carbons (Fsp3) is 0.250. The zero-order chi connectivity index (χ0) is 23.0. The van der Waals surface area contributed by atoms with Crippen molar-refractivity contribution in [2.24, 2.45) is 7.05 Å². The molecule has 8 heteroatoms. The molecular formula is C24H25N5O3. The van der Waals surface area contributed by atoms with E-state index in [2.05, 4.69) is 15.4 Å². The zero-order valence-electron chi connectivity index (χ0n) is 18.8. The van der Waals surface area contributed by atoms with Gasteiger partial charge in [-0.25, -0.2) is 4.98 Å². The van der Waals surface area contributed by atoms with Crippen LogP contribution < -0.4 is 5.32 Å². The lowest BCUT2D eigenvalue weighted by molar-refractivity contribution is -0.116. The first-order valence-corrected chi connectivity index (χ1v) is 10.3. The largest absolute Gasteiger partial charge is 0.463 e. The van der Waals surface area contributed by atoms with Crippen molar-refractivity contribution in [1.29, 1.82) is 0 Å². The van der Waals surface area contributed by atoms with Crippen LogP contribution in [0, 0.1) is 20.8 Å². The molecule has 0 saturated carbocycles. The van der Waals surface area contributed by atoms with Crippen LogP contribution in [-0.2, 0) is 11.8 Å². The van der Waals surface area contributed by atoms with Gasteiger partial charge in [-0.15, -0.1) is 0 Å². The molecule has 3 aromatic heterocycles. The Morgan fingerprint density at radius 1 is 1.12 bits per heavy atom. The van der Waals surface area contributed by atoms with E-state index in [0.29, 0.717) is 33.7 Å². The van der Waals surface area contributed by atoms with E-state index in [9.17, 15) is 9.59 Å². The van der Waals surface area contributed by atoms with Gasteiger partial charge in [-0.1, -0.05) is 18.2 Å². The summed E-state index contributed by atoms with van der Waals surface area (Å²) < 4.78 is 7.12. The maximum atomic E-state index is 13.4. The van der Waals surface area contributed by atoms with E-state index in [0.717, 1.165) is 16.8 Å². The van der Waals surface area contributed by atoms with Gasteiger partial charge in [0.15, 0.2) is 11.4 Å². The third-order valence-electron chi connectivity index (χ3n) is 5.45. The Morgan fingerprint density at radius 2 is 1.84 bits per heavy atom. The Hall–Kier alpha value is -3.94. The molecule has 0 spiro atoms. The molecule has 1 aromatic carbocycles. The van der Waals surface area contributed by atoms with Crippen LogP contribution in [0.1, 0.15) is 27.2 Å². The molecule has 0 atom stereocenters. The Morgan fingerprint density at radius 3 is 2.50 bits per heavy atom. The number of benzene rings is 1. The lowest BCUT2D eigenvalue weighted by Crippen LogP contribution is -2.35. The van der Waals surface area contributed by atoms with Crippen molar-refractivity contribution < 1.29 is 14.0 Å². The number of carbonyl (C=O) groups is 2. The van der Waals surface area contributed by atoms with Crippen molar-refractivity contribution in [2.75, 3.05) is 18.9 Å². The molecule has 0 saturated heterocycles. The molecule has 3 heterocycles. The molecule has 2 amide bonds. The van der Waals surface area contributed by atoms with Gasteiger partial charge in [0.2, 0.25) is 5.91 Å². The number of carbonyl (C=O) groups excluding carboxylic acids is 2. The second kappa shape index (κ2) is 8.30. The number of furan rings is 1. The molecule has 32 heavy (non-hydrogen) atoms. The van der Waals surface area contributed by atoms with E-state index in [-0.39, 0.29) is 18.4 Å². The highest BCUT2D eigenvalue weighted by Crippen LogP contribution is 2.28. The number of para-hydroxylation sites is 1. The third-order valence-corrected chi connectivity index (χ3v) is 5.45. The molecule has 0 aliphatic heterocycles. The van der Waals surface area contributed by atoms with Gasteiger partial charge in [0.05, 0.1) is 29.5 Å². The van der Waals surface area contributed by atoms with Crippen molar-refractivity contribution in [3.05, 3.63) is 65.0 Å². The SMILES string of the molecule is Cc1cccc(C)c1NC(=O)CN(C)C(=O)c1cc(-c2ccco2)nc2c1c(C)nn2C. The molecule has 0 aliphatic carbocycles. The minimum atomic E-state index is -0.294. The smallest absolute Gasteiger partial charge is 0.254 e. The predicted octanol–water partition coefficient (Wildman–Crippen LogP) is 3.86. The van der Waals surface area contributed by atoms with Crippen LogP contribution in [0.2, 0.25) is 0 Å². The first-order chi connectivity index (χ1) is 15.3. The number of nitrogens with zero attached hydrogens (tertiary/aromatic N) is 4. The summed E-state index contributed by atoms with van der Waals surface area (Å²) in [7, 11) is 3.39. The Labute approximate surface area is 185 Å². The number of anilines is 1. The number of nitrogens with one attached hydrogen (secondary N) is 1. The van der Waals surface area contributed by atoms with E-state index < -0.39 is 0 Å². The molecular weight excluding hydrogens is 406 g/mol. The number of fused-ring (bicyclic) bond motifs is 1. The van der Waals surface area contributed by atoms with Crippen LogP contribution in [0.4, 0.5) is 5.69 Å². The molecule has 0 radical (unpaired) electrons. The fourth-order valence-electron chi connectivity index (χ4n) is 3.85. The third kappa shape index (κ3) is 3.87. The van der Waals surface area contributed by atoms with Gasteiger partial charge in [-0.05, 0) is 50.1 Å². The van der Waals surface area contributed by atoms with Crippen molar-refractivity contribution in [3.8, 4) is 11.5 Å². The molecule has 4 aromatic rings. The summed E-state index contributed by atoms with van der Waals surface area (Å²) in [5.74, 6) is -0.00842. The fourth-order valence-corrected chi connectivity index (χ4v) is 3.85. The van der Waals surface area contributed by atoms with E-state index in [1.807, 2.05) is 39.0 Å². The Kier molecular flexibility index (Phi) is 5.52. The normalized spacial score (nSPS) is 11.0. The number of aromatic nitrogens is 3. The summed E-state index contributed by atoms with van der Waals surface area (Å²) in [5.41, 5.74) is 4.94. The number of rotatable bonds is 5. The van der Waals surface area contributed by atoms with Gasteiger partial charge in [-0.2, -0.15) is 5.10 Å². The van der Waals surface area contributed by atoms with Crippen molar-refractivity contribution in [2.45, 2.75) is 20.8 Å². The van der Waals surface area contributed by atoms with E-state index in [4.69, 9.17) is 4.42 Å². The molecule has 4 rings (SSSR count). The molecule has 164 valence electrons. The minimum Gasteiger partial charge on any atom is -0.463 e. The number of pyridine rings is 1. The Bertz CT molecular complexity index is 1300. The maximum absolute atomic E-state index is 13.4. The summed E-state index contributed by atoms with van der Waals surface area (Å²) >= 11 is 0. The average molecular weight is 431 g/mol. The second-order valence-electron chi connectivity index (χ2n) is 7.92. The summed E-state index contributed by atoms with van der Waals surface area (Å²) in [6.07, 6.45) is 1.56. The first-order valence-electron chi connectivity index (χ1n) is 10.3. The molecule has 0 bridgehead atoms. The van der Waals surface area contributed by atoms with Gasteiger partial charge in [0, 0.05) is 19.8 Å². The predicted molar refractivity (Wildman–Crippen MR) is 122 cm³/mol. The number of hydrogen-bond acceptors (Lipinski definition) is 5. The topological polar surface area (TPSA) is 93.3 Å². The van der Waals surface area contributed by atoms with E-state index in [1.54, 1.807) is 43.2 Å². The zero-order valence-corrected chi connectivity index (χ0v) is 18.8. The minimum absolute atomic E-state index is 0.0914. The summed E-state index contributed by atoms with van der Waals surface area (Å²) in [4.78, 5) is 32.1. The highest BCUT2D eigenvalue weighted by Gasteiger charge is 2.23. The standard InChI is InChI=1S/C24H25N5O3/c1-14-8-6-9-15(2)22(14)26-20(30)13-28(4)24(31)17-12-18(19-10-7-11-32-19)25-23-21(17)16(3)27-29(23)5/h6-12H,13H2,1-5H3,(H,26,30). The first kappa shape index (κ1) is 21.3. The van der Waals surface area contributed by atoms with Crippen LogP contribution in [0.25, 0.3) is 22.5 Å². The van der Waals surface area contributed by atoms with Crippen LogP contribution in [0.3, 0.4) is 0 Å². The number of likely N-dealkylation sites (N-methyl/N-ethyl adjacent to an activating group) is 1. The molecule has 8 nitrogen and oxygen atoms in total. The van der Waals surface area contributed by atoms with Crippen LogP contribution in [0.5, 0.6) is 0 Å². The lowest BCUT2D eigenvalue weighted by atomic mass is 10.1. The Balaban J connectivity index is 1.65. The van der Waals surface area contributed by atoms with Crippen LogP contribution >= 0.6 is 0 Å². The molecule has 0 aliphatic rings. The number of aryl methyl sites for hydroxylation is 4. The van der Waals surface area contributed by atoms with Crippen LogP contribution in [0.15, 0.2) is 47.1 Å². The van der Waals surface area contributed by atoms with Gasteiger partial charge in [0.1, 0.15) is 5.69 Å². The van der Waals surface area contributed by atoms with Gasteiger partial charge in [-0.3, -0.25) is 14.3 Å². The van der Waals surface area contributed by atoms with Crippen molar-refractivity contribution in [1.82, 2.24) is 19.7 Å². The summed E-state index contributed by atoms with van der Waals surface area (Å²) in [5, 5.41) is 8.01. The maximum Gasteiger partial charge on any atom is 0.254 e. The van der Waals surface area contributed by atoms with Crippen molar-refractivity contribution >= 4 is 28.5 Å². The lowest BCUT2D eigenvalue weighted by Gasteiger charge is -2.19. The van der Waals surface area contributed by atoms with E-state index in [1.165, 1.54) is 4.90 Å². The van der Waals surface area contributed by atoms with Gasteiger partial charge >= 0.3 is 0 Å². The van der Waals surface area contributed by atoms with Gasteiger partial charge in [0.25, 0.3) is 5.91 Å². The molecule has 0 unspecified atom stereocenters. The summed E-state index contributed by atoms with van der Waals surface area (Å²) in [6.45, 7) is 5.62. The number of amides is 2. The van der Waals surface area contributed by atoms with Gasteiger partial charge < -0.3 is 14.6 Å². The van der Waals surface area contributed by atoms with Crippen molar-refractivity contribution in [3.63, 3.8) is 0 Å². The number of hydrogen-bond donors (Lipinski definition) is 1. The van der Waals surface area contributed by atoms with E-state index >= 15 is 0 Å². The second-order valence-corrected chi connectivity index (χ2v) is 7.92. The molecule has 0 fully saturated rings. The van der Waals surface area contributed by atoms with Crippen LogP contribution in [-0.4, -0.2) is 45.1 Å². The highest BCUT2D eigenvalue weighted by atomic mass is 16.3. The summed E-state index contributed by atoms with van der Waals surface area (Å²) in [6, 6.07) is 11.1. The molecule has 1 N–H and O–H groups in total. The highest BCUT2D eigenvalue weighted by molar-refractivity contribution is 6.08. The monoisotopic (exact) mass is 431 g/mol. The average Bonchev–Trinajstić information content (AvgIpc) is 3.38. The quantitative estimate of drug-likeness (QED) is 0.518.